The lowest BCUT2D eigenvalue weighted by atomic mass is 10.1. The highest BCUT2D eigenvalue weighted by atomic mass is 16.4. The number of nitriles is 1. The third-order valence-electron chi connectivity index (χ3n) is 2.76. The third kappa shape index (κ3) is 17.0. The highest BCUT2D eigenvalue weighted by Crippen LogP contribution is 2.08. The van der Waals surface area contributed by atoms with Gasteiger partial charge in [0.2, 0.25) is 0 Å². The molecule has 3 heteroatoms. The smallest absolute Gasteiger partial charge is 0.330 e. The molecule has 0 saturated heterocycles. The number of aliphatic carboxylic acids is 1. The highest BCUT2D eigenvalue weighted by Gasteiger charge is 1.90. The Morgan fingerprint density at radius 3 is 1.52 bits per heavy atom. The van der Waals surface area contributed by atoms with Gasteiger partial charge in [0.1, 0.15) is 0 Å². The Labute approximate surface area is 162 Å². The number of benzene rings is 2. The van der Waals surface area contributed by atoms with Crippen LogP contribution >= 0.6 is 0 Å². The molecule has 0 atom stereocenters. The van der Waals surface area contributed by atoms with Crippen LogP contribution in [0.5, 0.6) is 0 Å². The van der Waals surface area contributed by atoms with E-state index >= 15 is 0 Å². The fourth-order valence-corrected chi connectivity index (χ4v) is 1.31. The molecule has 0 aliphatic heterocycles. The third-order valence-corrected chi connectivity index (χ3v) is 2.76. The molecule has 1 N–H and O–H groups in total. The number of hydrogen-bond acceptors (Lipinski definition) is 2. The summed E-state index contributed by atoms with van der Waals surface area (Å²) in [6, 6.07) is 21.9. The van der Waals surface area contributed by atoms with Crippen LogP contribution in [0, 0.1) is 11.3 Å². The van der Waals surface area contributed by atoms with Gasteiger partial charge < -0.3 is 5.11 Å². The van der Waals surface area contributed by atoms with E-state index in [1.165, 1.54) is 24.1 Å². The molecule has 2 rings (SSSR count). The molecule has 0 unspecified atom stereocenters. The van der Waals surface area contributed by atoms with Crippen molar-refractivity contribution in [1.82, 2.24) is 0 Å². The molecule has 0 aliphatic rings. The maximum atomic E-state index is 9.60. The zero-order valence-electron chi connectivity index (χ0n) is 16.1. The SMILES string of the molecule is C=C(C)C(=O)O.C=C(C)c1ccccc1.C=CC#N.C=Cc1ccccc1. The summed E-state index contributed by atoms with van der Waals surface area (Å²) < 4.78 is 0. The van der Waals surface area contributed by atoms with Crippen molar-refractivity contribution >= 4 is 17.6 Å². The van der Waals surface area contributed by atoms with Gasteiger partial charge in [-0.3, -0.25) is 0 Å². The molecule has 0 aromatic heterocycles. The number of carbonyl (C=O) groups is 1. The van der Waals surface area contributed by atoms with Gasteiger partial charge in [-0.1, -0.05) is 98.6 Å². The maximum Gasteiger partial charge on any atom is 0.330 e. The van der Waals surface area contributed by atoms with Gasteiger partial charge in [-0.25, -0.2) is 4.79 Å². The fourth-order valence-electron chi connectivity index (χ4n) is 1.31. The first kappa shape index (κ1) is 25.6. The Bertz CT molecular complexity index is 742. The van der Waals surface area contributed by atoms with Crippen LogP contribution < -0.4 is 0 Å². The van der Waals surface area contributed by atoms with E-state index in [1.807, 2.05) is 61.5 Å². The highest BCUT2D eigenvalue weighted by molar-refractivity contribution is 5.84. The van der Waals surface area contributed by atoms with Gasteiger partial charge in [0.25, 0.3) is 0 Å². The van der Waals surface area contributed by atoms with Crippen LogP contribution in [0.2, 0.25) is 0 Å². The monoisotopic (exact) mass is 361 g/mol. The predicted octanol–water partition coefficient (Wildman–Crippen LogP) is 6.39. The topological polar surface area (TPSA) is 61.1 Å². The molecule has 0 fully saturated rings. The Hall–Kier alpha value is -3.64. The van der Waals surface area contributed by atoms with E-state index in [4.69, 9.17) is 10.4 Å². The molecule has 0 bridgehead atoms. The van der Waals surface area contributed by atoms with Crippen molar-refractivity contribution in [1.29, 1.82) is 5.26 Å². The van der Waals surface area contributed by atoms with Crippen LogP contribution in [-0.4, -0.2) is 11.1 Å². The maximum absolute atomic E-state index is 9.60. The molecule has 2 aromatic carbocycles. The first-order valence-electron chi connectivity index (χ1n) is 8.07. The summed E-state index contributed by atoms with van der Waals surface area (Å²) in [5.74, 6) is -0.935. The van der Waals surface area contributed by atoms with Crippen molar-refractivity contribution < 1.29 is 9.90 Å². The second-order valence-corrected chi connectivity index (χ2v) is 5.18. The largest absolute Gasteiger partial charge is 0.478 e. The van der Waals surface area contributed by atoms with Crippen LogP contribution in [0.25, 0.3) is 11.6 Å². The summed E-state index contributed by atoms with van der Waals surface area (Å²) in [4.78, 5) is 9.60. The van der Waals surface area contributed by atoms with Crippen molar-refractivity contribution in [2.45, 2.75) is 13.8 Å². The van der Waals surface area contributed by atoms with Crippen molar-refractivity contribution in [3.63, 3.8) is 0 Å². The Balaban J connectivity index is 0. The first-order valence-corrected chi connectivity index (χ1v) is 8.07. The minimum Gasteiger partial charge on any atom is -0.478 e. The van der Waals surface area contributed by atoms with Gasteiger partial charge in [0.05, 0.1) is 6.07 Å². The summed E-state index contributed by atoms with van der Waals surface area (Å²) in [6.07, 6.45) is 3.01. The summed E-state index contributed by atoms with van der Waals surface area (Å²) in [7, 11) is 0. The molecule has 0 radical (unpaired) electrons. The molecule has 0 heterocycles. The molecule has 3 nitrogen and oxygen atoms in total. The molecular weight excluding hydrogens is 334 g/mol. The average Bonchev–Trinajstić information content (AvgIpc) is 2.70. The van der Waals surface area contributed by atoms with Gasteiger partial charge in [-0.2, -0.15) is 5.26 Å². The standard InChI is InChI=1S/C9H10.C8H8.C4H6O2.C3H3N/c1-8(2)9-6-4-3-5-7-9;1-2-8-6-4-3-5-7-8;1-3(2)4(5)6;1-2-3-4/h3-7H,1H2,2H3;2-7H,1H2;1H2,2H3,(H,5,6);2H,1H2. The van der Waals surface area contributed by atoms with E-state index in [0.717, 1.165) is 5.57 Å². The van der Waals surface area contributed by atoms with E-state index < -0.39 is 5.97 Å². The van der Waals surface area contributed by atoms with Gasteiger partial charge >= 0.3 is 5.97 Å². The molecule has 27 heavy (non-hydrogen) atoms. The van der Waals surface area contributed by atoms with Gasteiger partial charge in [0.15, 0.2) is 0 Å². The lowest BCUT2D eigenvalue weighted by molar-refractivity contribution is -0.132. The normalized spacial score (nSPS) is 7.74. The van der Waals surface area contributed by atoms with E-state index in [-0.39, 0.29) is 5.57 Å². The minimum absolute atomic E-state index is 0.176. The van der Waals surface area contributed by atoms with Crippen LogP contribution in [0.3, 0.4) is 0 Å². The second kappa shape index (κ2) is 17.2. The molecule has 0 saturated carbocycles. The predicted molar refractivity (Wildman–Crippen MR) is 116 cm³/mol. The van der Waals surface area contributed by atoms with Crippen LogP contribution in [0.4, 0.5) is 0 Å². The van der Waals surface area contributed by atoms with Crippen LogP contribution in [0.1, 0.15) is 25.0 Å². The second-order valence-electron chi connectivity index (χ2n) is 5.18. The summed E-state index contributed by atoms with van der Waals surface area (Å²) in [5, 5.41) is 15.4. The summed E-state index contributed by atoms with van der Waals surface area (Å²) >= 11 is 0. The lowest BCUT2D eigenvalue weighted by Gasteiger charge is -1.94. The van der Waals surface area contributed by atoms with Crippen LogP contribution in [0.15, 0.2) is 98.6 Å². The van der Waals surface area contributed by atoms with Gasteiger partial charge in [0, 0.05) is 11.6 Å². The van der Waals surface area contributed by atoms with Gasteiger partial charge in [-0.05, 0) is 25.0 Å². The zero-order valence-corrected chi connectivity index (χ0v) is 16.1. The molecule has 140 valence electrons. The van der Waals surface area contributed by atoms with E-state index in [9.17, 15) is 4.79 Å². The summed E-state index contributed by atoms with van der Waals surface area (Å²) in [6.45, 7) is 17.2. The van der Waals surface area contributed by atoms with Crippen molar-refractivity contribution in [3.05, 3.63) is 110 Å². The Morgan fingerprint density at radius 2 is 1.33 bits per heavy atom. The number of allylic oxidation sites excluding steroid dienone is 2. The van der Waals surface area contributed by atoms with E-state index in [1.54, 1.807) is 6.07 Å². The van der Waals surface area contributed by atoms with Gasteiger partial charge in [-0.15, -0.1) is 0 Å². The number of rotatable bonds is 3. The minimum atomic E-state index is -0.935. The molecular formula is C24H27NO2. The van der Waals surface area contributed by atoms with E-state index in [0.29, 0.717) is 0 Å². The number of nitrogens with zero attached hydrogens (tertiary/aromatic N) is 1. The quantitative estimate of drug-likeness (QED) is 0.509. The zero-order chi connectivity index (χ0) is 21.1. The average molecular weight is 361 g/mol. The van der Waals surface area contributed by atoms with Crippen molar-refractivity contribution in [2.24, 2.45) is 0 Å². The van der Waals surface area contributed by atoms with E-state index in [2.05, 4.69) is 38.4 Å². The van der Waals surface area contributed by atoms with Crippen LogP contribution in [-0.2, 0) is 4.79 Å². The molecule has 0 amide bonds. The fraction of sp³-hybridized carbons (Fsp3) is 0.0833. The number of carboxylic acids is 1. The van der Waals surface area contributed by atoms with Crippen molar-refractivity contribution in [3.8, 4) is 6.07 Å². The Kier molecular flexibility index (Phi) is 16.3. The lowest BCUT2D eigenvalue weighted by Crippen LogP contribution is -1.92. The van der Waals surface area contributed by atoms with Crippen molar-refractivity contribution in [2.75, 3.05) is 0 Å². The number of hydrogen-bond donors (Lipinski definition) is 1. The Morgan fingerprint density at radius 1 is 0.963 bits per heavy atom. The molecule has 0 aliphatic carbocycles. The molecule has 0 spiro atoms. The molecule has 2 aromatic rings. The first-order chi connectivity index (χ1) is 12.8. The number of carboxylic acid groups (broad SMARTS) is 1. The summed E-state index contributed by atoms with van der Waals surface area (Å²) in [5.41, 5.74) is 3.69.